The van der Waals surface area contributed by atoms with Gasteiger partial charge in [-0.25, -0.2) is 9.97 Å². The second-order valence-electron chi connectivity index (χ2n) is 7.82. The van der Waals surface area contributed by atoms with E-state index in [0.717, 1.165) is 48.3 Å². The summed E-state index contributed by atoms with van der Waals surface area (Å²) in [6.07, 6.45) is 5.46. The van der Waals surface area contributed by atoms with Gasteiger partial charge in [-0.2, -0.15) is 0 Å². The highest BCUT2D eigenvalue weighted by molar-refractivity contribution is 7.18. The Hall–Kier alpha value is -2.80. The lowest BCUT2D eigenvalue weighted by atomic mass is 9.96. The SMILES string of the molecule is Cc1ccc(NC(=O)C2CCCN(C(=O)CCCc3nc4ccccc4s3)C2)nc1. The molecule has 0 saturated carbocycles. The predicted molar refractivity (Wildman–Crippen MR) is 119 cm³/mol. The summed E-state index contributed by atoms with van der Waals surface area (Å²) in [5.74, 6) is 0.445. The number of fused-ring (bicyclic) bond motifs is 1. The zero-order valence-electron chi connectivity index (χ0n) is 17.1. The topological polar surface area (TPSA) is 75.2 Å². The van der Waals surface area contributed by atoms with Gasteiger partial charge in [-0.3, -0.25) is 9.59 Å². The Morgan fingerprint density at radius 1 is 1.23 bits per heavy atom. The molecule has 1 unspecified atom stereocenters. The molecule has 6 nitrogen and oxygen atoms in total. The van der Waals surface area contributed by atoms with E-state index in [0.29, 0.717) is 18.8 Å². The Bertz CT molecular complexity index is 998. The van der Waals surface area contributed by atoms with Crippen LogP contribution in [0.2, 0.25) is 0 Å². The molecule has 0 spiro atoms. The molecule has 30 heavy (non-hydrogen) atoms. The molecule has 1 aliphatic rings. The van der Waals surface area contributed by atoms with Crippen molar-refractivity contribution in [2.24, 2.45) is 5.92 Å². The van der Waals surface area contributed by atoms with Gasteiger partial charge in [0.25, 0.3) is 0 Å². The number of nitrogens with one attached hydrogen (secondary N) is 1. The fraction of sp³-hybridized carbons (Fsp3) is 0.391. The first-order chi connectivity index (χ1) is 14.6. The first-order valence-electron chi connectivity index (χ1n) is 10.4. The summed E-state index contributed by atoms with van der Waals surface area (Å²) < 4.78 is 1.19. The third-order valence-electron chi connectivity index (χ3n) is 5.43. The van der Waals surface area contributed by atoms with Crippen LogP contribution >= 0.6 is 11.3 Å². The molecular weight excluding hydrogens is 396 g/mol. The third kappa shape index (κ3) is 5.02. The van der Waals surface area contributed by atoms with Crippen LogP contribution in [0.1, 0.15) is 36.3 Å². The zero-order chi connectivity index (χ0) is 20.9. The van der Waals surface area contributed by atoms with Crippen LogP contribution in [-0.4, -0.2) is 39.8 Å². The molecule has 1 saturated heterocycles. The largest absolute Gasteiger partial charge is 0.342 e. The van der Waals surface area contributed by atoms with Crippen LogP contribution in [0, 0.1) is 12.8 Å². The molecule has 7 heteroatoms. The first kappa shape index (κ1) is 20.5. The fourth-order valence-electron chi connectivity index (χ4n) is 3.76. The Labute approximate surface area is 180 Å². The van der Waals surface area contributed by atoms with Gasteiger partial charge in [-0.05, 0) is 56.4 Å². The van der Waals surface area contributed by atoms with E-state index in [4.69, 9.17) is 0 Å². The van der Waals surface area contributed by atoms with Gasteiger partial charge in [0, 0.05) is 25.7 Å². The molecule has 2 amide bonds. The van der Waals surface area contributed by atoms with Crippen molar-refractivity contribution in [3.8, 4) is 0 Å². The summed E-state index contributed by atoms with van der Waals surface area (Å²) in [7, 11) is 0. The number of pyridine rings is 1. The number of hydrogen-bond donors (Lipinski definition) is 1. The molecule has 0 aliphatic carbocycles. The molecule has 1 aromatic carbocycles. The number of piperidine rings is 1. The van der Waals surface area contributed by atoms with E-state index >= 15 is 0 Å². The highest BCUT2D eigenvalue weighted by Gasteiger charge is 2.28. The molecule has 3 aromatic rings. The number of anilines is 1. The molecule has 1 aliphatic heterocycles. The second kappa shape index (κ2) is 9.34. The summed E-state index contributed by atoms with van der Waals surface area (Å²) >= 11 is 1.70. The van der Waals surface area contributed by atoms with Crippen LogP contribution in [-0.2, 0) is 16.0 Å². The van der Waals surface area contributed by atoms with Crippen molar-refractivity contribution in [1.82, 2.24) is 14.9 Å². The van der Waals surface area contributed by atoms with Crippen LogP contribution in [0.25, 0.3) is 10.2 Å². The van der Waals surface area contributed by atoms with Crippen molar-refractivity contribution < 1.29 is 9.59 Å². The molecule has 0 radical (unpaired) electrons. The number of likely N-dealkylation sites (tertiary alicyclic amines) is 1. The number of aryl methyl sites for hydroxylation is 2. The Morgan fingerprint density at radius 2 is 2.10 bits per heavy atom. The van der Waals surface area contributed by atoms with Crippen molar-refractivity contribution in [2.45, 2.75) is 39.0 Å². The van der Waals surface area contributed by atoms with Gasteiger partial charge in [-0.15, -0.1) is 11.3 Å². The van der Waals surface area contributed by atoms with Crippen molar-refractivity contribution in [1.29, 1.82) is 0 Å². The van der Waals surface area contributed by atoms with E-state index in [9.17, 15) is 9.59 Å². The number of amides is 2. The Balaban J connectivity index is 1.26. The number of hydrogen-bond acceptors (Lipinski definition) is 5. The number of para-hydroxylation sites is 1. The van der Waals surface area contributed by atoms with Crippen molar-refractivity contribution >= 4 is 39.2 Å². The summed E-state index contributed by atoms with van der Waals surface area (Å²) in [6, 6.07) is 11.8. The molecular formula is C23H26N4O2S. The lowest BCUT2D eigenvalue weighted by Gasteiger charge is -2.32. The summed E-state index contributed by atoms with van der Waals surface area (Å²) in [6.45, 7) is 3.17. The van der Waals surface area contributed by atoms with E-state index in [1.54, 1.807) is 23.6 Å². The van der Waals surface area contributed by atoms with Gasteiger partial charge >= 0.3 is 0 Å². The van der Waals surface area contributed by atoms with Crippen molar-refractivity contribution in [3.05, 3.63) is 53.2 Å². The molecule has 0 bridgehead atoms. The third-order valence-corrected chi connectivity index (χ3v) is 6.52. The van der Waals surface area contributed by atoms with Crippen molar-refractivity contribution in [2.75, 3.05) is 18.4 Å². The highest BCUT2D eigenvalue weighted by Crippen LogP contribution is 2.23. The normalized spacial score (nSPS) is 16.6. The highest BCUT2D eigenvalue weighted by atomic mass is 32.1. The van der Waals surface area contributed by atoms with Gasteiger partial charge < -0.3 is 10.2 Å². The quantitative estimate of drug-likeness (QED) is 0.646. The number of thiazole rings is 1. The lowest BCUT2D eigenvalue weighted by molar-refractivity contribution is -0.134. The van der Waals surface area contributed by atoms with E-state index in [1.165, 1.54) is 4.70 Å². The molecule has 2 aromatic heterocycles. The summed E-state index contributed by atoms with van der Waals surface area (Å²) in [4.78, 5) is 36.0. The standard InChI is InChI=1S/C23H26N4O2S/c1-16-11-12-20(24-14-16)26-23(29)17-6-5-13-27(15-17)22(28)10-4-9-21-25-18-7-2-3-8-19(18)30-21/h2-3,7-8,11-12,14,17H,4-6,9-10,13,15H2,1H3,(H,24,26,29). The van der Waals surface area contributed by atoms with E-state index < -0.39 is 0 Å². The minimum absolute atomic E-state index is 0.0571. The Morgan fingerprint density at radius 3 is 2.90 bits per heavy atom. The first-order valence-corrected chi connectivity index (χ1v) is 11.3. The monoisotopic (exact) mass is 422 g/mol. The fourth-order valence-corrected chi connectivity index (χ4v) is 4.77. The van der Waals surface area contributed by atoms with Gasteiger partial charge in [0.05, 0.1) is 21.1 Å². The predicted octanol–water partition coefficient (Wildman–Crippen LogP) is 4.20. The van der Waals surface area contributed by atoms with Gasteiger partial charge in [-0.1, -0.05) is 18.2 Å². The van der Waals surface area contributed by atoms with Crippen LogP contribution < -0.4 is 5.32 Å². The van der Waals surface area contributed by atoms with Crippen LogP contribution in [0.15, 0.2) is 42.6 Å². The number of aromatic nitrogens is 2. The lowest BCUT2D eigenvalue weighted by Crippen LogP contribution is -2.43. The average molecular weight is 423 g/mol. The van der Waals surface area contributed by atoms with E-state index in [2.05, 4.69) is 21.4 Å². The molecule has 1 atom stereocenters. The minimum Gasteiger partial charge on any atom is -0.342 e. The number of carbonyl (C=O) groups excluding carboxylic acids is 2. The minimum atomic E-state index is -0.185. The molecule has 3 heterocycles. The average Bonchev–Trinajstić information content (AvgIpc) is 3.18. The maximum Gasteiger partial charge on any atom is 0.230 e. The molecule has 4 rings (SSSR count). The van der Waals surface area contributed by atoms with Gasteiger partial charge in [0.15, 0.2) is 0 Å². The maximum atomic E-state index is 12.7. The number of carbonyl (C=O) groups is 2. The van der Waals surface area contributed by atoms with E-state index in [-0.39, 0.29) is 17.7 Å². The molecule has 1 fully saturated rings. The molecule has 156 valence electrons. The maximum absolute atomic E-state index is 12.7. The molecule has 1 N–H and O–H groups in total. The van der Waals surface area contributed by atoms with Crippen LogP contribution in [0.3, 0.4) is 0 Å². The van der Waals surface area contributed by atoms with Gasteiger partial charge in [0.2, 0.25) is 11.8 Å². The number of rotatable bonds is 6. The second-order valence-corrected chi connectivity index (χ2v) is 8.93. The van der Waals surface area contributed by atoms with Gasteiger partial charge in [0.1, 0.15) is 5.82 Å². The summed E-state index contributed by atoms with van der Waals surface area (Å²) in [5.41, 5.74) is 2.07. The zero-order valence-corrected chi connectivity index (χ0v) is 18.0. The summed E-state index contributed by atoms with van der Waals surface area (Å²) in [5, 5.41) is 3.96. The number of benzene rings is 1. The van der Waals surface area contributed by atoms with Crippen LogP contribution in [0.5, 0.6) is 0 Å². The van der Waals surface area contributed by atoms with Crippen molar-refractivity contribution in [3.63, 3.8) is 0 Å². The van der Waals surface area contributed by atoms with Crippen LogP contribution in [0.4, 0.5) is 5.82 Å². The van der Waals surface area contributed by atoms with E-state index in [1.807, 2.05) is 36.1 Å². The Kier molecular flexibility index (Phi) is 6.38. The number of nitrogens with zero attached hydrogens (tertiary/aromatic N) is 3. The smallest absolute Gasteiger partial charge is 0.230 e.